The second kappa shape index (κ2) is 13.9. The number of hydrogen-bond acceptors (Lipinski definition) is 4. The maximum atomic E-state index is 14.5. The average Bonchev–Trinajstić information content (AvgIpc) is 3.54. The lowest BCUT2D eigenvalue weighted by Crippen LogP contribution is -2.31. The first-order chi connectivity index (χ1) is 25.9. The molecule has 0 radical (unpaired) electrons. The minimum absolute atomic E-state index is 0.128. The number of anilines is 1. The number of aryl methyl sites for hydroxylation is 1. The molecule has 1 aromatic heterocycles. The number of ketones is 2. The van der Waals surface area contributed by atoms with Gasteiger partial charge >= 0.3 is 0 Å². The van der Waals surface area contributed by atoms with Crippen molar-refractivity contribution in [2.45, 2.75) is 6.92 Å². The predicted molar refractivity (Wildman–Crippen MR) is 210 cm³/mol. The zero-order valence-electron chi connectivity index (χ0n) is 28.8. The summed E-state index contributed by atoms with van der Waals surface area (Å²) in [5, 5.41) is 1.49. The van der Waals surface area contributed by atoms with E-state index in [0.29, 0.717) is 51.2 Å². The molecule has 0 saturated carbocycles. The molecular weight excluding hydrogens is 657 g/mol. The molecule has 6 nitrogen and oxygen atoms in total. The number of rotatable bonds is 9. The fourth-order valence-corrected chi connectivity index (χ4v) is 6.99. The van der Waals surface area contributed by atoms with Crippen LogP contribution in [-0.4, -0.2) is 28.5 Å². The molecule has 2 amide bonds. The normalized spacial score (nSPS) is 11.0. The number of nitrogens with zero attached hydrogens (tertiary/aromatic N) is 2. The zero-order valence-corrected chi connectivity index (χ0v) is 28.8. The molecule has 254 valence electrons. The molecule has 0 bridgehead atoms. The van der Waals surface area contributed by atoms with Crippen LogP contribution in [0.4, 0.5) is 5.69 Å². The minimum Gasteiger partial charge on any atom is -0.308 e. The number of fused-ring (bicyclic) bond motifs is 3. The van der Waals surface area contributed by atoms with E-state index in [-0.39, 0.29) is 11.6 Å². The summed E-state index contributed by atoms with van der Waals surface area (Å²) in [7, 11) is 0. The molecule has 1 heterocycles. The molecule has 8 rings (SSSR count). The monoisotopic (exact) mass is 688 g/mol. The van der Waals surface area contributed by atoms with E-state index in [1.807, 2.05) is 133 Å². The highest BCUT2D eigenvalue weighted by Crippen LogP contribution is 2.36. The molecule has 7 aromatic carbocycles. The Balaban J connectivity index is 1.29. The number of hydrogen-bond donors (Lipinski definition) is 0. The summed E-state index contributed by atoms with van der Waals surface area (Å²) in [6.45, 7) is 1.85. The van der Waals surface area contributed by atoms with Gasteiger partial charge in [-0.25, -0.2) is 4.90 Å². The highest BCUT2D eigenvalue weighted by Gasteiger charge is 2.26. The van der Waals surface area contributed by atoms with E-state index >= 15 is 0 Å². The lowest BCUT2D eigenvalue weighted by atomic mass is 9.99. The summed E-state index contributed by atoms with van der Waals surface area (Å²) in [5.41, 5.74) is 7.60. The lowest BCUT2D eigenvalue weighted by molar-refractivity contribution is -0.106. The van der Waals surface area contributed by atoms with Crippen molar-refractivity contribution in [1.29, 1.82) is 0 Å². The van der Waals surface area contributed by atoms with Gasteiger partial charge in [0.15, 0.2) is 11.6 Å². The Kier molecular flexibility index (Phi) is 8.62. The fraction of sp³-hybridized carbons (Fsp3) is 0.0213. The minimum atomic E-state index is -0.484. The Morgan fingerprint density at radius 2 is 1.00 bits per heavy atom. The standard InChI is InChI=1S/C47H32N2O4/c1-31-12-11-19-43(44(31)47(53)48(30-50)38-24-20-33(21-25-38)32-13-5-2-6-14-32)49-41-26-22-36(45(51)34-15-7-3-8-16-34)28-39(41)40-29-37(23-27-42(40)49)46(52)35-17-9-4-10-18-35/h2-30H,1H3. The fourth-order valence-electron chi connectivity index (χ4n) is 6.99. The highest BCUT2D eigenvalue weighted by atomic mass is 16.2. The molecule has 0 saturated heterocycles. The van der Waals surface area contributed by atoms with Crippen LogP contribution in [0.25, 0.3) is 38.6 Å². The predicted octanol–water partition coefficient (Wildman–Crippen LogP) is 10.0. The molecular formula is C47H32N2O4. The van der Waals surface area contributed by atoms with Crippen LogP contribution < -0.4 is 4.90 Å². The Labute approximate surface area is 306 Å². The van der Waals surface area contributed by atoms with Crippen molar-refractivity contribution in [2.75, 3.05) is 4.90 Å². The van der Waals surface area contributed by atoms with E-state index in [9.17, 15) is 19.2 Å². The van der Waals surface area contributed by atoms with Gasteiger partial charge in [-0.1, -0.05) is 115 Å². The summed E-state index contributed by atoms with van der Waals surface area (Å²) in [4.78, 5) is 55.6. The van der Waals surface area contributed by atoms with E-state index in [2.05, 4.69) is 0 Å². The van der Waals surface area contributed by atoms with Crippen molar-refractivity contribution >= 4 is 51.4 Å². The molecule has 6 heteroatoms. The molecule has 0 aliphatic carbocycles. The van der Waals surface area contributed by atoms with Crippen LogP contribution in [0.3, 0.4) is 0 Å². The SMILES string of the molecule is Cc1cccc(-n2c3ccc(C(=O)c4ccccc4)cc3c3cc(C(=O)c4ccccc4)ccc32)c1C(=O)N(C=O)c1ccc(-c2ccccc2)cc1. The van der Waals surface area contributed by atoms with Gasteiger partial charge < -0.3 is 4.57 Å². The smallest absolute Gasteiger partial charge is 0.267 e. The van der Waals surface area contributed by atoms with E-state index in [1.54, 1.807) is 48.5 Å². The Hall–Kier alpha value is -7.18. The Morgan fingerprint density at radius 1 is 0.509 bits per heavy atom. The number of aromatic nitrogens is 1. The van der Waals surface area contributed by atoms with Crippen molar-refractivity contribution in [1.82, 2.24) is 4.57 Å². The van der Waals surface area contributed by atoms with Gasteiger partial charge in [0, 0.05) is 33.0 Å². The summed E-state index contributed by atoms with van der Waals surface area (Å²) in [6.07, 6.45) is 0.547. The summed E-state index contributed by atoms with van der Waals surface area (Å²) < 4.78 is 1.97. The maximum absolute atomic E-state index is 14.5. The Bertz CT molecular complexity index is 2570. The molecule has 0 fully saturated rings. The molecule has 53 heavy (non-hydrogen) atoms. The van der Waals surface area contributed by atoms with Gasteiger partial charge in [0.25, 0.3) is 5.91 Å². The van der Waals surface area contributed by atoms with E-state index in [1.165, 1.54) is 0 Å². The molecule has 0 spiro atoms. The van der Waals surface area contributed by atoms with Gasteiger partial charge in [-0.15, -0.1) is 0 Å². The third-order valence-corrected chi connectivity index (χ3v) is 9.64. The quantitative estimate of drug-likeness (QED) is 0.112. The van der Waals surface area contributed by atoms with Crippen LogP contribution in [0.5, 0.6) is 0 Å². The number of carbonyl (C=O) groups is 4. The van der Waals surface area contributed by atoms with E-state index in [0.717, 1.165) is 37.8 Å². The van der Waals surface area contributed by atoms with Crippen LogP contribution in [0.1, 0.15) is 47.8 Å². The van der Waals surface area contributed by atoms with Crippen molar-refractivity contribution < 1.29 is 19.2 Å². The van der Waals surface area contributed by atoms with Crippen molar-refractivity contribution in [3.8, 4) is 16.8 Å². The lowest BCUT2D eigenvalue weighted by Gasteiger charge is -2.21. The van der Waals surface area contributed by atoms with Crippen LogP contribution >= 0.6 is 0 Å². The molecule has 0 aliphatic rings. The van der Waals surface area contributed by atoms with Gasteiger partial charge in [0.2, 0.25) is 6.41 Å². The summed E-state index contributed by atoms with van der Waals surface area (Å²) in [6, 6.07) is 52.0. The number of benzene rings is 7. The number of imide groups is 1. The van der Waals surface area contributed by atoms with Crippen molar-refractivity contribution in [3.63, 3.8) is 0 Å². The maximum Gasteiger partial charge on any atom is 0.267 e. The van der Waals surface area contributed by atoms with Crippen LogP contribution in [0, 0.1) is 6.92 Å². The largest absolute Gasteiger partial charge is 0.308 e. The zero-order chi connectivity index (χ0) is 36.5. The van der Waals surface area contributed by atoms with Crippen LogP contribution in [-0.2, 0) is 4.79 Å². The first-order valence-electron chi connectivity index (χ1n) is 17.2. The molecule has 0 unspecified atom stereocenters. The van der Waals surface area contributed by atoms with Crippen LogP contribution in [0.15, 0.2) is 170 Å². The first kappa shape index (κ1) is 33.0. The molecule has 0 aliphatic heterocycles. The average molecular weight is 689 g/mol. The van der Waals surface area contributed by atoms with Gasteiger partial charge in [0.05, 0.1) is 28.0 Å². The third kappa shape index (κ3) is 6.02. The van der Waals surface area contributed by atoms with Crippen molar-refractivity contribution in [2.24, 2.45) is 0 Å². The summed E-state index contributed by atoms with van der Waals surface area (Å²) >= 11 is 0. The first-order valence-corrected chi connectivity index (χ1v) is 17.2. The van der Waals surface area contributed by atoms with Crippen molar-refractivity contribution in [3.05, 3.63) is 203 Å². The summed E-state index contributed by atoms with van der Waals surface area (Å²) in [5.74, 6) is -0.741. The second-order valence-corrected chi connectivity index (χ2v) is 12.9. The second-order valence-electron chi connectivity index (χ2n) is 12.9. The number of amides is 2. The third-order valence-electron chi connectivity index (χ3n) is 9.64. The van der Waals surface area contributed by atoms with E-state index < -0.39 is 5.91 Å². The molecule has 8 aromatic rings. The van der Waals surface area contributed by atoms with Gasteiger partial charge in [0.1, 0.15) is 0 Å². The van der Waals surface area contributed by atoms with E-state index in [4.69, 9.17) is 0 Å². The van der Waals surface area contributed by atoms with Gasteiger partial charge in [-0.05, 0) is 78.2 Å². The molecule has 0 atom stereocenters. The van der Waals surface area contributed by atoms with Gasteiger partial charge in [-0.3, -0.25) is 19.2 Å². The Morgan fingerprint density at radius 3 is 1.51 bits per heavy atom. The number of carbonyl (C=O) groups excluding carboxylic acids is 4. The molecule has 0 N–H and O–H groups in total. The van der Waals surface area contributed by atoms with Gasteiger partial charge in [-0.2, -0.15) is 0 Å². The van der Waals surface area contributed by atoms with Crippen LogP contribution in [0.2, 0.25) is 0 Å². The highest BCUT2D eigenvalue weighted by molar-refractivity contribution is 6.20. The topological polar surface area (TPSA) is 76.5 Å².